The summed E-state index contributed by atoms with van der Waals surface area (Å²) in [5.74, 6) is -0.175. The van der Waals surface area contributed by atoms with E-state index in [0.29, 0.717) is 28.8 Å². The highest BCUT2D eigenvalue weighted by molar-refractivity contribution is 6.06. The lowest BCUT2D eigenvalue weighted by molar-refractivity contribution is -0.137. The van der Waals surface area contributed by atoms with Gasteiger partial charge in [-0.1, -0.05) is 18.2 Å². The zero-order chi connectivity index (χ0) is 21.3. The van der Waals surface area contributed by atoms with E-state index >= 15 is 0 Å². The van der Waals surface area contributed by atoms with Gasteiger partial charge in [-0.2, -0.15) is 13.2 Å². The fourth-order valence-electron chi connectivity index (χ4n) is 3.56. The maximum atomic E-state index is 13.2. The number of anilines is 1. The molecular weight excluding hydrogens is 395 g/mol. The molecule has 4 rings (SSSR count). The van der Waals surface area contributed by atoms with E-state index in [1.807, 2.05) is 0 Å². The maximum Gasteiger partial charge on any atom is 0.416 e. The van der Waals surface area contributed by atoms with Gasteiger partial charge in [-0.3, -0.25) is 4.79 Å². The van der Waals surface area contributed by atoms with E-state index in [2.05, 4.69) is 20.2 Å². The number of benzene rings is 2. The molecule has 1 fully saturated rings. The topological polar surface area (TPSA) is 84.1 Å². The lowest BCUT2D eigenvalue weighted by Crippen LogP contribution is -2.41. The Kier molecular flexibility index (Phi) is 5.29. The van der Waals surface area contributed by atoms with E-state index in [-0.39, 0.29) is 5.56 Å². The van der Waals surface area contributed by atoms with Crippen molar-refractivity contribution in [2.75, 3.05) is 25.0 Å². The Labute approximate surface area is 170 Å². The van der Waals surface area contributed by atoms with Gasteiger partial charge >= 0.3 is 6.18 Å². The average Bonchev–Trinajstić information content (AvgIpc) is 2.68. The van der Waals surface area contributed by atoms with Crippen LogP contribution in [0.25, 0.3) is 10.9 Å². The summed E-state index contributed by atoms with van der Waals surface area (Å²) in [5.41, 5.74) is 5.91. The van der Waals surface area contributed by atoms with Gasteiger partial charge in [0.1, 0.15) is 12.1 Å². The maximum absolute atomic E-state index is 13.2. The van der Waals surface area contributed by atoms with Gasteiger partial charge in [0, 0.05) is 11.9 Å². The number of fused-ring (bicyclic) bond motifs is 1. The van der Waals surface area contributed by atoms with Gasteiger partial charge in [-0.15, -0.1) is 0 Å². The summed E-state index contributed by atoms with van der Waals surface area (Å²) in [7, 11) is 0. The first-order valence-corrected chi connectivity index (χ1v) is 9.52. The number of alkyl halides is 3. The summed E-state index contributed by atoms with van der Waals surface area (Å²) >= 11 is 0. The summed E-state index contributed by atoms with van der Waals surface area (Å²) in [6.07, 6.45) is -2.05. The fraction of sp³-hybridized carbons (Fsp3) is 0.286. The molecule has 1 amide bonds. The molecule has 3 N–H and O–H groups in total. The Bertz CT molecular complexity index is 1080. The van der Waals surface area contributed by atoms with Crippen molar-refractivity contribution >= 4 is 22.6 Å². The summed E-state index contributed by atoms with van der Waals surface area (Å²) in [4.78, 5) is 22.3. The fourth-order valence-corrected chi connectivity index (χ4v) is 3.56. The van der Waals surface area contributed by atoms with Gasteiger partial charge in [0.15, 0.2) is 0 Å². The second-order valence-corrected chi connectivity index (χ2v) is 7.26. The number of likely N-dealkylation sites (tertiary alicyclic amines) is 1. The lowest BCUT2D eigenvalue weighted by Gasteiger charge is -2.35. The van der Waals surface area contributed by atoms with Crippen LogP contribution in [0.1, 0.15) is 33.9 Å². The predicted molar refractivity (Wildman–Crippen MR) is 107 cm³/mol. The summed E-state index contributed by atoms with van der Waals surface area (Å²) in [5, 5.41) is 3.85. The third-order valence-corrected chi connectivity index (χ3v) is 5.25. The number of hydrogen-bond donors (Lipinski definition) is 2. The van der Waals surface area contributed by atoms with Crippen molar-refractivity contribution in [2.45, 2.75) is 18.6 Å². The minimum absolute atomic E-state index is 0.260. The number of nitrogens with zero attached hydrogens (tertiary/aromatic N) is 3. The first-order valence-electron chi connectivity index (χ1n) is 9.52. The Morgan fingerprint density at radius 1 is 1.17 bits per heavy atom. The standard InChI is InChI=1S/C21H20F3N5O/c22-21(23,24)14-5-1-4-13(10-14)17(11-29-8-3-9-29)28-20-16-7-2-6-15(19(25)30)18(16)26-12-27-20/h1-2,4-7,10,12,17H,3,8-9,11H2,(H2,25,30)(H,26,27,28)/t17-/m1/s1. The van der Waals surface area contributed by atoms with Crippen LogP contribution in [-0.2, 0) is 6.18 Å². The number of carbonyl (C=O) groups is 1. The van der Waals surface area contributed by atoms with E-state index in [1.54, 1.807) is 24.3 Å². The SMILES string of the molecule is NC(=O)c1cccc2c(N[C@H](CN3CCC3)c3cccc(C(F)(F)F)c3)ncnc12. The molecule has 0 aliphatic carbocycles. The third-order valence-electron chi connectivity index (χ3n) is 5.25. The van der Waals surface area contributed by atoms with Gasteiger partial charge in [0.05, 0.1) is 22.7 Å². The summed E-state index contributed by atoms with van der Waals surface area (Å²) in [6.45, 7) is 2.32. The molecule has 0 unspecified atom stereocenters. The van der Waals surface area contributed by atoms with Crippen molar-refractivity contribution in [3.8, 4) is 0 Å². The highest BCUT2D eigenvalue weighted by Gasteiger charge is 2.31. The summed E-state index contributed by atoms with van der Waals surface area (Å²) < 4.78 is 39.7. The van der Waals surface area contributed by atoms with Crippen LogP contribution in [0.5, 0.6) is 0 Å². The zero-order valence-corrected chi connectivity index (χ0v) is 16.0. The molecule has 2 aromatic carbocycles. The molecule has 0 radical (unpaired) electrons. The number of halogens is 3. The Morgan fingerprint density at radius 3 is 2.60 bits per heavy atom. The quantitative estimate of drug-likeness (QED) is 0.643. The molecule has 30 heavy (non-hydrogen) atoms. The Balaban J connectivity index is 1.73. The van der Waals surface area contributed by atoms with E-state index in [1.165, 1.54) is 12.4 Å². The van der Waals surface area contributed by atoms with Crippen molar-refractivity contribution in [3.63, 3.8) is 0 Å². The first kappa shape index (κ1) is 20.1. The Morgan fingerprint density at radius 2 is 1.93 bits per heavy atom. The van der Waals surface area contributed by atoms with Crippen molar-refractivity contribution in [1.29, 1.82) is 0 Å². The number of aromatic nitrogens is 2. The van der Waals surface area contributed by atoms with E-state index in [0.717, 1.165) is 31.6 Å². The molecule has 1 aromatic heterocycles. The van der Waals surface area contributed by atoms with Gasteiger partial charge in [-0.25, -0.2) is 9.97 Å². The molecule has 0 saturated carbocycles. The molecule has 156 valence electrons. The predicted octanol–water partition coefficient (Wildman–Crippen LogP) is 3.61. The van der Waals surface area contributed by atoms with Gasteiger partial charge < -0.3 is 16.0 Å². The van der Waals surface area contributed by atoms with Crippen LogP contribution in [0.4, 0.5) is 19.0 Å². The van der Waals surface area contributed by atoms with Gasteiger partial charge in [-0.05, 0) is 49.3 Å². The van der Waals surface area contributed by atoms with E-state index in [9.17, 15) is 18.0 Å². The molecule has 1 saturated heterocycles. The largest absolute Gasteiger partial charge is 0.416 e. The van der Waals surface area contributed by atoms with Gasteiger partial charge in [0.25, 0.3) is 5.91 Å². The number of carbonyl (C=O) groups excluding carboxylic acids is 1. The van der Waals surface area contributed by atoms with Crippen LogP contribution in [-0.4, -0.2) is 40.4 Å². The number of primary amides is 1. The molecular formula is C21H20F3N5O. The molecule has 0 spiro atoms. The van der Waals surface area contributed by atoms with Crippen molar-refractivity contribution in [3.05, 3.63) is 65.5 Å². The minimum Gasteiger partial charge on any atom is -0.366 e. The van der Waals surface area contributed by atoms with Crippen LogP contribution in [0.15, 0.2) is 48.8 Å². The molecule has 3 aromatic rings. The van der Waals surface area contributed by atoms with Crippen molar-refractivity contribution < 1.29 is 18.0 Å². The molecule has 6 nitrogen and oxygen atoms in total. The normalized spacial score (nSPS) is 15.6. The Hall–Kier alpha value is -3.20. The first-order chi connectivity index (χ1) is 14.3. The second-order valence-electron chi connectivity index (χ2n) is 7.26. The van der Waals surface area contributed by atoms with Crippen molar-refractivity contribution in [1.82, 2.24) is 14.9 Å². The third kappa shape index (κ3) is 4.06. The molecule has 1 aliphatic heterocycles. The van der Waals surface area contributed by atoms with Crippen LogP contribution in [0, 0.1) is 0 Å². The van der Waals surface area contributed by atoms with E-state index < -0.39 is 23.7 Å². The van der Waals surface area contributed by atoms with Crippen LogP contribution in [0.3, 0.4) is 0 Å². The number of rotatable bonds is 6. The zero-order valence-electron chi connectivity index (χ0n) is 16.0. The second kappa shape index (κ2) is 7.91. The number of nitrogens with two attached hydrogens (primary N) is 1. The number of nitrogens with one attached hydrogen (secondary N) is 1. The minimum atomic E-state index is -4.42. The highest BCUT2D eigenvalue weighted by atomic mass is 19.4. The van der Waals surface area contributed by atoms with Gasteiger partial charge in [0.2, 0.25) is 0 Å². The average molecular weight is 415 g/mol. The molecule has 2 heterocycles. The smallest absolute Gasteiger partial charge is 0.366 e. The molecule has 0 bridgehead atoms. The van der Waals surface area contributed by atoms with Crippen molar-refractivity contribution in [2.24, 2.45) is 5.73 Å². The van der Waals surface area contributed by atoms with Crippen LogP contribution >= 0.6 is 0 Å². The lowest BCUT2D eigenvalue weighted by atomic mass is 10.0. The highest BCUT2D eigenvalue weighted by Crippen LogP contribution is 2.33. The van der Waals surface area contributed by atoms with E-state index in [4.69, 9.17) is 5.73 Å². The molecule has 1 atom stereocenters. The number of amides is 1. The van der Waals surface area contributed by atoms with Crippen LogP contribution in [0.2, 0.25) is 0 Å². The molecule has 9 heteroatoms. The molecule has 1 aliphatic rings. The van der Waals surface area contributed by atoms with Crippen LogP contribution < -0.4 is 11.1 Å². The monoisotopic (exact) mass is 415 g/mol. The number of hydrogen-bond acceptors (Lipinski definition) is 5. The number of para-hydroxylation sites is 1. The summed E-state index contributed by atoms with van der Waals surface area (Å²) in [6, 6.07) is 9.87.